The van der Waals surface area contributed by atoms with E-state index in [1.165, 1.54) is 36.4 Å². The van der Waals surface area contributed by atoms with Crippen molar-refractivity contribution in [2.75, 3.05) is 12.0 Å². The lowest BCUT2D eigenvalue weighted by atomic mass is 10.1. The van der Waals surface area contributed by atoms with Crippen molar-refractivity contribution in [3.8, 4) is 0 Å². The summed E-state index contributed by atoms with van der Waals surface area (Å²) >= 11 is 24.4. The first-order valence-corrected chi connectivity index (χ1v) is 10.2. The van der Waals surface area contributed by atoms with E-state index >= 15 is 0 Å². The highest BCUT2D eigenvalue weighted by Gasteiger charge is 2.67. The molecule has 1 amide bonds. The van der Waals surface area contributed by atoms with Gasteiger partial charge in [0.05, 0.1) is 22.6 Å². The average molecular weight is 481 g/mol. The van der Waals surface area contributed by atoms with E-state index in [1.54, 1.807) is 0 Å². The summed E-state index contributed by atoms with van der Waals surface area (Å²) in [5.74, 6) is -2.74. The van der Waals surface area contributed by atoms with E-state index in [4.69, 9.17) is 46.4 Å². The molecule has 1 N–H and O–H groups in total. The van der Waals surface area contributed by atoms with Crippen molar-refractivity contribution in [2.45, 2.75) is 23.1 Å². The normalized spacial score (nSPS) is 19.7. The third-order valence-electron chi connectivity index (χ3n) is 4.71. The van der Waals surface area contributed by atoms with E-state index in [9.17, 15) is 18.4 Å². The summed E-state index contributed by atoms with van der Waals surface area (Å²) in [6.45, 7) is -0.607. The van der Waals surface area contributed by atoms with E-state index in [2.05, 4.69) is 5.32 Å². The van der Waals surface area contributed by atoms with Gasteiger partial charge in [-0.2, -0.15) is 0 Å². The molecule has 2 unspecified atom stereocenters. The maximum atomic E-state index is 13.4. The zero-order valence-electron chi connectivity index (χ0n) is 14.8. The quantitative estimate of drug-likeness (QED) is 0.358. The van der Waals surface area contributed by atoms with Gasteiger partial charge >= 0.3 is 0 Å². The molecule has 0 heterocycles. The van der Waals surface area contributed by atoms with Gasteiger partial charge in [-0.15, -0.1) is 23.2 Å². The maximum absolute atomic E-state index is 13.4. The fourth-order valence-electron chi connectivity index (χ4n) is 3.17. The van der Waals surface area contributed by atoms with Gasteiger partial charge in [0.15, 0.2) is 5.78 Å². The summed E-state index contributed by atoms with van der Waals surface area (Å²) in [5.41, 5.74) is 1.06. The van der Waals surface area contributed by atoms with Gasteiger partial charge in [-0.3, -0.25) is 14.0 Å². The van der Waals surface area contributed by atoms with Crippen LogP contribution in [0.3, 0.4) is 0 Å². The molecule has 1 fully saturated rings. The van der Waals surface area contributed by atoms with Crippen LogP contribution in [0.2, 0.25) is 10.0 Å². The molecule has 3 rings (SSSR count). The predicted molar refractivity (Wildman–Crippen MR) is 112 cm³/mol. The zero-order valence-corrected chi connectivity index (χ0v) is 17.8. The second-order valence-corrected chi connectivity index (χ2v) is 8.96. The van der Waals surface area contributed by atoms with Crippen molar-refractivity contribution in [1.82, 2.24) is 0 Å². The Morgan fingerprint density at radius 1 is 1.07 bits per heavy atom. The third kappa shape index (κ3) is 4.69. The Morgan fingerprint density at radius 2 is 1.79 bits per heavy atom. The number of ketones is 1. The smallest absolute Gasteiger partial charge is 0.231 e. The Kier molecular flexibility index (Phi) is 6.74. The number of carbonyl (C=O) groups excluding carboxylic acids is 2. The lowest BCUT2D eigenvalue weighted by Crippen LogP contribution is -2.17. The van der Waals surface area contributed by atoms with Crippen LogP contribution in [-0.2, 0) is 4.79 Å². The molecule has 2 atom stereocenters. The van der Waals surface area contributed by atoms with Gasteiger partial charge in [0, 0.05) is 23.6 Å². The van der Waals surface area contributed by atoms with Gasteiger partial charge in [0.2, 0.25) is 5.91 Å². The van der Waals surface area contributed by atoms with E-state index in [0.717, 1.165) is 0 Å². The first kappa shape index (κ1) is 22.3. The van der Waals surface area contributed by atoms with Gasteiger partial charge < -0.3 is 5.32 Å². The summed E-state index contributed by atoms with van der Waals surface area (Å²) in [5, 5.41) is 2.78. The Hall–Kier alpha value is -1.40. The van der Waals surface area contributed by atoms with E-state index in [1.807, 2.05) is 0 Å². The van der Waals surface area contributed by atoms with Gasteiger partial charge in [-0.1, -0.05) is 29.3 Å². The second-order valence-electron chi connectivity index (χ2n) is 6.70. The van der Waals surface area contributed by atoms with Crippen molar-refractivity contribution in [1.29, 1.82) is 0 Å². The molecule has 0 saturated heterocycles. The number of benzene rings is 2. The first-order chi connectivity index (χ1) is 13.7. The van der Waals surface area contributed by atoms with Crippen molar-refractivity contribution in [3.05, 3.63) is 63.4 Å². The monoisotopic (exact) mass is 479 g/mol. The molecule has 2 aromatic rings. The standard InChI is InChI=1S/C20H15Cl4F2NO2/c21-13-5-4-11(9-12(13)16(28)2-1-7-25)27-19(29)18-17(20(18,23)24)10-3-6-15(26)14(22)8-10/h3-6,8-9,17-18H,1-2,7H2,(H,27,29). The molecule has 3 nitrogen and oxygen atoms in total. The number of hydrogen-bond acceptors (Lipinski definition) is 2. The van der Waals surface area contributed by atoms with E-state index in [-0.39, 0.29) is 34.2 Å². The molecule has 29 heavy (non-hydrogen) atoms. The van der Waals surface area contributed by atoms with Gasteiger partial charge in [0.25, 0.3) is 0 Å². The van der Waals surface area contributed by atoms with Crippen LogP contribution in [0.1, 0.15) is 34.7 Å². The first-order valence-electron chi connectivity index (χ1n) is 8.69. The summed E-state index contributed by atoms with van der Waals surface area (Å²) in [6.07, 6.45) is 0.104. The van der Waals surface area contributed by atoms with Crippen LogP contribution in [0.25, 0.3) is 0 Å². The molecular formula is C20H15Cl4F2NO2. The fourth-order valence-corrected chi connectivity index (χ4v) is 4.41. The number of anilines is 1. The van der Waals surface area contributed by atoms with E-state index in [0.29, 0.717) is 11.3 Å². The summed E-state index contributed by atoms with van der Waals surface area (Å²) in [7, 11) is 0. The Morgan fingerprint density at radius 3 is 2.45 bits per heavy atom. The number of Topliss-reactive ketones (excluding diaryl/α,β-unsaturated/α-hetero) is 1. The van der Waals surface area contributed by atoms with Gasteiger partial charge in [-0.05, 0) is 42.3 Å². The van der Waals surface area contributed by atoms with Crippen molar-refractivity contribution >= 4 is 63.8 Å². The maximum Gasteiger partial charge on any atom is 0.231 e. The third-order valence-corrected chi connectivity index (χ3v) is 6.27. The summed E-state index contributed by atoms with van der Waals surface area (Å²) in [6, 6.07) is 8.47. The molecule has 0 radical (unpaired) electrons. The molecule has 0 spiro atoms. The van der Waals surface area contributed by atoms with Crippen LogP contribution >= 0.6 is 46.4 Å². The van der Waals surface area contributed by atoms with Crippen LogP contribution in [0.5, 0.6) is 0 Å². The van der Waals surface area contributed by atoms with Crippen molar-refractivity contribution in [3.63, 3.8) is 0 Å². The number of nitrogens with one attached hydrogen (secondary N) is 1. The molecule has 1 aliphatic carbocycles. The minimum atomic E-state index is -1.38. The van der Waals surface area contributed by atoms with Crippen LogP contribution in [0.4, 0.5) is 14.5 Å². The molecule has 0 aliphatic heterocycles. The molecule has 1 saturated carbocycles. The lowest BCUT2D eigenvalue weighted by molar-refractivity contribution is -0.117. The van der Waals surface area contributed by atoms with Gasteiger partial charge in [0.1, 0.15) is 10.2 Å². The Bertz CT molecular complexity index is 967. The minimum absolute atomic E-state index is 0.0100. The fraction of sp³-hybridized carbons (Fsp3) is 0.300. The number of hydrogen-bond donors (Lipinski definition) is 1. The van der Waals surface area contributed by atoms with Crippen LogP contribution < -0.4 is 5.32 Å². The summed E-state index contributed by atoms with van der Waals surface area (Å²) < 4.78 is 24.3. The average Bonchev–Trinajstić information content (AvgIpc) is 3.25. The predicted octanol–water partition coefficient (Wildman–Crippen LogP) is 6.59. The topological polar surface area (TPSA) is 46.2 Å². The number of rotatable bonds is 7. The second kappa shape index (κ2) is 8.76. The van der Waals surface area contributed by atoms with Crippen LogP contribution in [-0.4, -0.2) is 22.7 Å². The van der Waals surface area contributed by atoms with E-state index < -0.39 is 34.6 Å². The zero-order chi connectivity index (χ0) is 21.3. The lowest BCUT2D eigenvalue weighted by Gasteiger charge is -2.09. The number of alkyl halides is 3. The number of halogens is 6. The molecule has 2 aromatic carbocycles. The highest BCUT2D eigenvalue weighted by atomic mass is 35.5. The Labute approximate surface area is 186 Å². The Balaban J connectivity index is 1.76. The van der Waals surface area contributed by atoms with Crippen molar-refractivity contribution in [2.24, 2.45) is 5.92 Å². The van der Waals surface area contributed by atoms with Crippen molar-refractivity contribution < 1.29 is 18.4 Å². The van der Waals surface area contributed by atoms with Crippen LogP contribution in [0.15, 0.2) is 36.4 Å². The minimum Gasteiger partial charge on any atom is -0.326 e. The van der Waals surface area contributed by atoms with Crippen LogP contribution in [0, 0.1) is 11.7 Å². The molecule has 9 heteroatoms. The molecule has 0 aromatic heterocycles. The molecule has 1 aliphatic rings. The molecule has 154 valence electrons. The highest BCUT2D eigenvalue weighted by Crippen LogP contribution is 2.65. The van der Waals surface area contributed by atoms with Gasteiger partial charge in [-0.25, -0.2) is 4.39 Å². The number of carbonyl (C=O) groups is 2. The summed E-state index contributed by atoms with van der Waals surface area (Å²) in [4.78, 5) is 24.9. The molecular weight excluding hydrogens is 466 g/mol. The molecule has 0 bridgehead atoms. The highest BCUT2D eigenvalue weighted by molar-refractivity contribution is 6.53. The SMILES string of the molecule is O=C(CCCF)c1cc(NC(=O)C2C(c3ccc(F)c(Cl)c3)C2(Cl)Cl)ccc1Cl. The largest absolute Gasteiger partial charge is 0.326 e. The number of amides is 1.